The summed E-state index contributed by atoms with van der Waals surface area (Å²) in [5.74, 6) is -6.31. The van der Waals surface area contributed by atoms with Gasteiger partial charge in [0.25, 0.3) is 17.4 Å². The van der Waals surface area contributed by atoms with Crippen molar-refractivity contribution in [3.8, 4) is 0 Å². The highest BCUT2D eigenvalue weighted by atomic mass is 16.7. The molecular formula is C23H22N8O8. The SMILES string of the molecule is Nc1nc2ncc(CNc3ccc(NC(=O)[C@H](CCC(=O)ON4C(=O)CCC4=O)C(=O)O)cc3)nc2c(=O)[nH]1. The zero-order valence-corrected chi connectivity index (χ0v) is 20.2. The topological polar surface area (TPSA) is 240 Å². The monoisotopic (exact) mass is 538 g/mol. The standard InChI is InChI=1S/C23H22N8O8/c24-23-29-19-18(21(36)30-23)27-13(10-26-19)9-25-11-1-3-12(4-2-11)28-20(35)14(22(37)38)5-8-17(34)39-31-15(32)6-7-16(31)33/h1-4,10,14,25H,5-9H2,(H,28,35)(H,37,38)(H3,24,26,29,30,36)/t14-/m0/s1. The number of carboxylic acid groups (broad SMARTS) is 1. The van der Waals surface area contributed by atoms with E-state index < -0.39 is 54.0 Å². The minimum absolute atomic E-state index is 0.0424. The number of fused-ring (bicyclic) bond motifs is 1. The molecule has 16 nitrogen and oxygen atoms in total. The first-order valence-corrected chi connectivity index (χ1v) is 11.6. The van der Waals surface area contributed by atoms with Gasteiger partial charge in [-0.3, -0.25) is 29.0 Å². The number of nitrogens with one attached hydrogen (secondary N) is 3. The molecule has 0 bridgehead atoms. The molecule has 1 saturated heterocycles. The highest BCUT2D eigenvalue weighted by molar-refractivity contribution is 6.04. The minimum atomic E-state index is -1.58. The van der Waals surface area contributed by atoms with Crippen LogP contribution < -0.4 is 21.9 Å². The van der Waals surface area contributed by atoms with E-state index in [1.54, 1.807) is 12.1 Å². The Hall–Kier alpha value is -5.41. The number of hydrogen-bond acceptors (Lipinski definition) is 12. The Morgan fingerprint density at radius 2 is 1.74 bits per heavy atom. The van der Waals surface area contributed by atoms with Crippen molar-refractivity contribution in [2.45, 2.75) is 32.2 Å². The van der Waals surface area contributed by atoms with Crippen LogP contribution in [0, 0.1) is 5.92 Å². The fourth-order valence-corrected chi connectivity index (χ4v) is 3.58. The zero-order chi connectivity index (χ0) is 28.1. The molecule has 16 heteroatoms. The predicted octanol–water partition coefficient (Wildman–Crippen LogP) is -0.0659. The van der Waals surface area contributed by atoms with Crippen molar-refractivity contribution in [1.82, 2.24) is 25.0 Å². The van der Waals surface area contributed by atoms with E-state index in [1.165, 1.54) is 18.3 Å². The minimum Gasteiger partial charge on any atom is -0.481 e. The number of aromatic amines is 1. The van der Waals surface area contributed by atoms with Crippen LogP contribution in [0.4, 0.5) is 17.3 Å². The Morgan fingerprint density at radius 3 is 2.41 bits per heavy atom. The summed E-state index contributed by atoms with van der Waals surface area (Å²) in [7, 11) is 0. The van der Waals surface area contributed by atoms with Crippen LogP contribution in [0.25, 0.3) is 11.2 Å². The van der Waals surface area contributed by atoms with Gasteiger partial charge in [-0.1, -0.05) is 0 Å². The van der Waals surface area contributed by atoms with Gasteiger partial charge in [-0.15, -0.1) is 5.06 Å². The molecule has 0 spiro atoms. The van der Waals surface area contributed by atoms with Crippen LogP contribution in [0.2, 0.25) is 0 Å². The molecule has 0 radical (unpaired) electrons. The van der Waals surface area contributed by atoms with Gasteiger partial charge in [0.05, 0.1) is 18.4 Å². The van der Waals surface area contributed by atoms with Crippen molar-refractivity contribution in [3.05, 3.63) is 46.5 Å². The van der Waals surface area contributed by atoms with Crippen LogP contribution in [-0.4, -0.2) is 59.8 Å². The fraction of sp³-hybridized carbons (Fsp3) is 0.261. The Kier molecular flexibility index (Phi) is 7.74. The summed E-state index contributed by atoms with van der Waals surface area (Å²) < 4.78 is 0. The van der Waals surface area contributed by atoms with E-state index in [-0.39, 0.29) is 36.5 Å². The molecule has 1 aliphatic rings. The smallest absolute Gasteiger partial charge is 0.333 e. The molecule has 2 aromatic heterocycles. The van der Waals surface area contributed by atoms with Crippen molar-refractivity contribution in [3.63, 3.8) is 0 Å². The zero-order valence-electron chi connectivity index (χ0n) is 20.2. The van der Waals surface area contributed by atoms with Gasteiger partial charge in [-0.25, -0.2) is 14.8 Å². The molecule has 6 N–H and O–H groups in total. The fourth-order valence-electron chi connectivity index (χ4n) is 3.58. The largest absolute Gasteiger partial charge is 0.481 e. The molecule has 0 saturated carbocycles. The van der Waals surface area contributed by atoms with Gasteiger partial charge in [0, 0.05) is 30.6 Å². The van der Waals surface area contributed by atoms with Gasteiger partial charge in [-0.2, -0.15) is 4.98 Å². The van der Waals surface area contributed by atoms with Gasteiger partial charge in [0.2, 0.25) is 11.9 Å². The molecule has 0 aliphatic carbocycles. The maximum absolute atomic E-state index is 12.5. The van der Waals surface area contributed by atoms with Crippen molar-refractivity contribution in [2.24, 2.45) is 5.92 Å². The molecule has 1 fully saturated rings. The van der Waals surface area contributed by atoms with E-state index >= 15 is 0 Å². The average Bonchev–Trinajstić information content (AvgIpc) is 3.20. The van der Waals surface area contributed by atoms with Gasteiger partial charge in [0.1, 0.15) is 5.92 Å². The van der Waals surface area contributed by atoms with Crippen LogP contribution in [0.15, 0.2) is 35.3 Å². The summed E-state index contributed by atoms with van der Waals surface area (Å²) in [6.45, 7) is 0.213. The second-order valence-electron chi connectivity index (χ2n) is 8.38. The number of carbonyl (C=O) groups is 5. The number of imide groups is 1. The van der Waals surface area contributed by atoms with Crippen LogP contribution in [-0.2, 0) is 35.4 Å². The lowest BCUT2D eigenvalue weighted by molar-refractivity contribution is -0.197. The summed E-state index contributed by atoms with van der Waals surface area (Å²) >= 11 is 0. The Balaban J connectivity index is 1.30. The molecule has 0 unspecified atom stereocenters. The van der Waals surface area contributed by atoms with Crippen LogP contribution in [0.3, 0.4) is 0 Å². The summed E-state index contributed by atoms with van der Waals surface area (Å²) in [4.78, 5) is 90.4. The van der Waals surface area contributed by atoms with Gasteiger partial charge < -0.3 is 26.3 Å². The van der Waals surface area contributed by atoms with Gasteiger partial charge >= 0.3 is 11.9 Å². The molecule has 4 rings (SSSR count). The number of aliphatic carboxylic acids is 1. The lowest BCUT2D eigenvalue weighted by Crippen LogP contribution is -2.33. The normalized spacial score (nSPS) is 13.8. The quantitative estimate of drug-likeness (QED) is 0.168. The van der Waals surface area contributed by atoms with E-state index in [2.05, 4.69) is 30.6 Å². The number of amides is 3. The van der Waals surface area contributed by atoms with E-state index in [0.29, 0.717) is 22.1 Å². The van der Waals surface area contributed by atoms with E-state index in [4.69, 9.17) is 10.6 Å². The number of nitrogen functional groups attached to an aromatic ring is 1. The molecule has 3 heterocycles. The first-order chi connectivity index (χ1) is 18.6. The third-order valence-electron chi connectivity index (χ3n) is 5.56. The molecule has 202 valence electrons. The van der Waals surface area contributed by atoms with Crippen molar-refractivity contribution in [1.29, 1.82) is 0 Å². The Morgan fingerprint density at radius 1 is 1.08 bits per heavy atom. The Bertz CT molecular complexity index is 1500. The number of nitrogens with zero attached hydrogens (tertiary/aromatic N) is 4. The number of hydroxylamine groups is 2. The third-order valence-corrected chi connectivity index (χ3v) is 5.56. The number of hydrogen-bond donors (Lipinski definition) is 5. The summed E-state index contributed by atoms with van der Waals surface area (Å²) in [5.41, 5.74) is 6.52. The second-order valence-corrected chi connectivity index (χ2v) is 8.38. The number of carbonyl (C=O) groups excluding carboxylic acids is 4. The van der Waals surface area contributed by atoms with E-state index in [9.17, 15) is 33.9 Å². The number of aromatic nitrogens is 4. The number of rotatable bonds is 10. The van der Waals surface area contributed by atoms with E-state index in [1.807, 2.05) is 0 Å². The van der Waals surface area contributed by atoms with Crippen LogP contribution in [0.1, 0.15) is 31.4 Å². The van der Waals surface area contributed by atoms with Crippen molar-refractivity contribution >= 4 is 58.1 Å². The first kappa shape index (κ1) is 26.6. The molecular weight excluding hydrogens is 516 g/mol. The van der Waals surface area contributed by atoms with Crippen LogP contribution >= 0.6 is 0 Å². The van der Waals surface area contributed by atoms with Gasteiger partial charge in [0.15, 0.2) is 11.2 Å². The molecule has 3 aromatic rings. The van der Waals surface area contributed by atoms with Crippen molar-refractivity contribution < 1.29 is 33.9 Å². The molecule has 3 amide bonds. The van der Waals surface area contributed by atoms with Crippen LogP contribution in [0.5, 0.6) is 0 Å². The third kappa shape index (κ3) is 6.48. The number of nitrogens with two attached hydrogens (primary N) is 1. The number of H-pyrrole nitrogens is 1. The highest BCUT2D eigenvalue weighted by Crippen LogP contribution is 2.18. The number of carboxylic acids is 1. The lowest BCUT2D eigenvalue weighted by atomic mass is 10.0. The number of benzene rings is 1. The summed E-state index contributed by atoms with van der Waals surface area (Å²) in [6, 6.07) is 6.30. The second kappa shape index (κ2) is 11.3. The number of anilines is 3. The maximum Gasteiger partial charge on any atom is 0.333 e. The first-order valence-electron chi connectivity index (χ1n) is 11.6. The van der Waals surface area contributed by atoms with E-state index in [0.717, 1.165) is 0 Å². The average molecular weight is 538 g/mol. The molecule has 1 aliphatic heterocycles. The predicted molar refractivity (Wildman–Crippen MR) is 132 cm³/mol. The molecule has 1 atom stereocenters. The van der Waals surface area contributed by atoms with Crippen molar-refractivity contribution in [2.75, 3.05) is 16.4 Å². The van der Waals surface area contributed by atoms with Gasteiger partial charge in [-0.05, 0) is 30.7 Å². The highest BCUT2D eigenvalue weighted by Gasteiger charge is 2.34. The maximum atomic E-state index is 12.5. The summed E-state index contributed by atoms with van der Waals surface area (Å²) in [5, 5.41) is 15.3. The lowest BCUT2D eigenvalue weighted by Gasteiger charge is -2.15. The Labute approximate surface area is 218 Å². The molecule has 39 heavy (non-hydrogen) atoms. The molecule has 1 aromatic carbocycles. The summed E-state index contributed by atoms with van der Waals surface area (Å²) in [6.07, 6.45) is 0.378.